The number of likely N-dealkylation sites (N-methyl/N-ethyl adjacent to an activating group) is 1. The molecule has 2 aromatic rings. The normalized spacial score (nSPS) is 16.3. The maximum Gasteiger partial charge on any atom is 0.251 e. The van der Waals surface area contributed by atoms with E-state index in [0.717, 1.165) is 30.5 Å². The molecule has 5 nitrogen and oxygen atoms in total. The molecular weight excluding hydrogens is 412 g/mol. The predicted octanol–water partition coefficient (Wildman–Crippen LogP) is 5.12. The van der Waals surface area contributed by atoms with E-state index < -0.39 is 0 Å². The summed E-state index contributed by atoms with van der Waals surface area (Å²) in [7, 11) is 3.65. The van der Waals surface area contributed by atoms with Crippen LogP contribution in [0.3, 0.4) is 0 Å². The molecule has 0 saturated heterocycles. The quantitative estimate of drug-likeness (QED) is 0.414. The number of hydrogen-bond acceptors (Lipinski definition) is 4. The highest BCUT2D eigenvalue weighted by Crippen LogP contribution is 2.28. The van der Waals surface area contributed by atoms with Crippen LogP contribution in [0, 0.1) is 5.92 Å². The Kier molecular flexibility index (Phi) is 10.9. The van der Waals surface area contributed by atoms with Gasteiger partial charge in [-0.15, -0.1) is 0 Å². The van der Waals surface area contributed by atoms with Gasteiger partial charge in [-0.25, -0.2) is 0 Å². The summed E-state index contributed by atoms with van der Waals surface area (Å²) >= 11 is 0. The Morgan fingerprint density at radius 3 is 2.48 bits per heavy atom. The first-order valence-electron chi connectivity index (χ1n) is 12.4. The van der Waals surface area contributed by atoms with Gasteiger partial charge in [0.15, 0.2) is 0 Å². The Bertz CT molecular complexity index is 821. The van der Waals surface area contributed by atoms with Crippen LogP contribution < -0.4 is 10.6 Å². The van der Waals surface area contributed by atoms with Crippen molar-refractivity contribution in [2.75, 3.05) is 33.9 Å². The average molecular weight is 453 g/mol. The largest absolute Gasteiger partial charge is 0.385 e. The summed E-state index contributed by atoms with van der Waals surface area (Å²) in [6.07, 6.45) is 8.20. The van der Waals surface area contributed by atoms with E-state index in [0.29, 0.717) is 24.7 Å². The van der Waals surface area contributed by atoms with E-state index >= 15 is 0 Å². The number of ether oxygens (including phenoxy) is 2. The molecule has 1 fully saturated rings. The summed E-state index contributed by atoms with van der Waals surface area (Å²) < 4.78 is 11.4. The van der Waals surface area contributed by atoms with Crippen molar-refractivity contribution in [2.24, 2.45) is 5.92 Å². The van der Waals surface area contributed by atoms with Crippen molar-refractivity contribution >= 4 is 5.91 Å². The van der Waals surface area contributed by atoms with Crippen LogP contribution in [0.4, 0.5) is 0 Å². The van der Waals surface area contributed by atoms with Crippen molar-refractivity contribution in [3.8, 4) is 0 Å². The second kappa shape index (κ2) is 14.1. The zero-order valence-corrected chi connectivity index (χ0v) is 20.2. The monoisotopic (exact) mass is 452 g/mol. The Morgan fingerprint density at radius 2 is 1.76 bits per heavy atom. The molecule has 1 amide bonds. The molecule has 0 aromatic heterocycles. The molecule has 0 aliphatic heterocycles. The van der Waals surface area contributed by atoms with Gasteiger partial charge in [-0.1, -0.05) is 74.6 Å². The lowest BCUT2D eigenvalue weighted by molar-refractivity contribution is 0.0616. The maximum atomic E-state index is 13.2. The van der Waals surface area contributed by atoms with Crippen LogP contribution in [0.5, 0.6) is 0 Å². The third kappa shape index (κ3) is 8.26. The first-order valence-corrected chi connectivity index (χ1v) is 12.4. The number of rotatable bonds is 13. The van der Waals surface area contributed by atoms with Gasteiger partial charge < -0.3 is 20.1 Å². The minimum Gasteiger partial charge on any atom is -0.385 e. The SMILES string of the molecule is CNC[C@H](CC1CCCCC1)NC(=O)c1cccc([C@@H](OCCCOC)c2ccccc2)c1. The molecule has 3 rings (SSSR count). The van der Waals surface area contributed by atoms with Gasteiger partial charge in [-0.2, -0.15) is 0 Å². The second-order valence-corrected chi connectivity index (χ2v) is 9.10. The van der Waals surface area contributed by atoms with Gasteiger partial charge in [0.1, 0.15) is 6.10 Å². The summed E-state index contributed by atoms with van der Waals surface area (Å²) in [5.74, 6) is 0.700. The van der Waals surface area contributed by atoms with Gasteiger partial charge in [0.2, 0.25) is 0 Å². The molecule has 0 heterocycles. The molecular formula is C28H40N2O3. The fraction of sp³-hybridized carbons (Fsp3) is 0.536. The predicted molar refractivity (Wildman–Crippen MR) is 134 cm³/mol. The number of nitrogens with one attached hydrogen (secondary N) is 2. The minimum absolute atomic E-state index is 0.0147. The molecule has 0 spiro atoms. The Hall–Kier alpha value is -2.21. The van der Waals surface area contributed by atoms with Gasteiger partial charge in [0.05, 0.1) is 6.61 Å². The maximum absolute atomic E-state index is 13.2. The van der Waals surface area contributed by atoms with E-state index in [1.165, 1.54) is 32.1 Å². The number of methoxy groups -OCH3 is 1. The molecule has 180 valence electrons. The van der Waals surface area contributed by atoms with E-state index in [1.54, 1.807) is 7.11 Å². The Balaban J connectivity index is 1.71. The summed E-state index contributed by atoms with van der Waals surface area (Å²) in [6, 6.07) is 18.2. The molecule has 2 N–H and O–H groups in total. The lowest BCUT2D eigenvalue weighted by atomic mass is 9.84. The van der Waals surface area contributed by atoms with Crippen LogP contribution in [0.25, 0.3) is 0 Å². The van der Waals surface area contributed by atoms with Gasteiger partial charge in [-0.05, 0) is 49.1 Å². The first-order chi connectivity index (χ1) is 16.2. The van der Waals surface area contributed by atoms with Crippen LogP contribution in [-0.2, 0) is 9.47 Å². The minimum atomic E-state index is -0.217. The number of amides is 1. The standard InChI is InChI=1S/C28H40N2O3/c1-29-21-26(19-22-11-5-3-6-12-22)30-28(31)25-16-9-15-24(20-25)27(33-18-10-17-32-2)23-13-7-4-8-14-23/h4,7-9,13-16,20,22,26-27,29H,3,5-6,10-12,17-19,21H2,1-2H3,(H,30,31)/t26-,27-/m0/s1. The van der Waals surface area contributed by atoms with Gasteiger partial charge in [0, 0.05) is 31.9 Å². The highest BCUT2D eigenvalue weighted by molar-refractivity contribution is 5.94. The van der Waals surface area contributed by atoms with E-state index in [1.807, 2.05) is 49.5 Å². The van der Waals surface area contributed by atoms with Gasteiger partial charge >= 0.3 is 0 Å². The lowest BCUT2D eigenvalue weighted by Gasteiger charge is -2.27. The third-order valence-corrected chi connectivity index (χ3v) is 6.46. The molecule has 2 atom stereocenters. The fourth-order valence-corrected chi connectivity index (χ4v) is 4.79. The Morgan fingerprint density at radius 1 is 1.00 bits per heavy atom. The smallest absolute Gasteiger partial charge is 0.251 e. The van der Waals surface area contributed by atoms with Crippen LogP contribution in [0.15, 0.2) is 54.6 Å². The average Bonchev–Trinajstić information content (AvgIpc) is 2.85. The number of carbonyl (C=O) groups excluding carboxylic acids is 1. The van der Waals surface area contributed by atoms with Crippen LogP contribution in [0.1, 0.15) is 72.5 Å². The Labute approximate surface area is 199 Å². The van der Waals surface area contributed by atoms with Crippen molar-refractivity contribution in [1.82, 2.24) is 10.6 Å². The van der Waals surface area contributed by atoms with Crippen molar-refractivity contribution in [3.63, 3.8) is 0 Å². The molecule has 2 aromatic carbocycles. The van der Waals surface area contributed by atoms with Crippen molar-refractivity contribution in [1.29, 1.82) is 0 Å². The molecule has 5 heteroatoms. The zero-order chi connectivity index (χ0) is 23.3. The highest BCUT2D eigenvalue weighted by Gasteiger charge is 2.22. The summed E-state index contributed by atoms with van der Waals surface area (Å²) in [4.78, 5) is 13.2. The highest BCUT2D eigenvalue weighted by atomic mass is 16.5. The molecule has 1 aliphatic rings. The third-order valence-electron chi connectivity index (χ3n) is 6.46. The number of benzene rings is 2. The molecule has 33 heavy (non-hydrogen) atoms. The van der Waals surface area contributed by atoms with Gasteiger partial charge in [0.25, 0.3) is 5.91 Å². The second-order valence-electron chi connectivity index (χ2n) is 9.10. The fourth-order valence-electron chi connectivity index (χ4n) is 4.79. The number of carbonyl (C=O) groups is 1. The zero-order valence-electron chi connectivity index (χ0n) is 20.2. The van der Waals surface area contributed by atoms with E-state index in [-0.39, 0.29) is 18.1 Å². The summed E-state index contributed by atoms with van der Waals surface area (Å²) in [5, 5.41) is 6.54. The summed E-state index contributed by atoms with van der Waals surface area (Å²) in [6.45, 7) is 2.05. The van der Waals surface area contributed by atoms with E-state index in [4.69, 9.17) is 9.47 Å². The molecule has 1 saturated carbocycles. The van der Waals surface area contributed by atoms with Crippen molar-refractivity contribution < 1.29 is 14.3 Å². The van der Waals surface area contributed by atoms with Crippen LogP contribution in [-0.4, -0.2) is 45.9 Å². The molecule has 1 aliphatic carbocycles. The first kappa shape index (κ1) is 25.4. The van der Waals surface area contributed by atoms with Crippen LogP contribution in [0.2, 0.25) is 0 Å². The molecule has 0 bridgehead atoms. The number of hydrogen-bond donors (Lipinski definition) is 2. The molecule has 0 unspecified atom stereocenters. The van der Waals surface area contributed by atoms with Crippen molar-refractivity contribution in [2.45, 2.75) is 57.1 Å². The summed E-state index contributed by atoms with van der Waals surface area (Å²) in [5.41, 5.74) is 2.75. The van der Waals surface area contributed by atoms with Crippen molar-refractivity contribution in [3.05, 3.63) is 71.3 Å². The van der Waals surface area contributed by atoms with E-state index in [2.05, 4.69) is 22.8 Å². The van der Waals surface area contributed by atoms with Crippen LogP contribution >= 0.6 is 0 Å². The lowest BCUT2D eigenvalue weighted by Crippen LogP contribution is -2.42. The topological polar surface area (TPSA) is 59.6 Å². The van der Waals surface area contributed by atoms with Gasteiger partial charge in [-0.3, -0.25) is 4.79 Å². The van der Waals surface area contributed by atoms with E-state index in [9.17, 15) is 4.79 Å². The molecule has 0 radical (unpaired) electrons.